The Hall–Kier alpha value is -1.69. The van der Waals surface area contributed by atoms with Crippen molar-refractivity contribution in [2.75, 3.05) is 13.1 Å². The van der Waals surface area contributed by atoms with Crippen molar-refractivity contribution in [1.82, 2.24) is 29.4 Å². The van der Waals surface area contributed by atoms with Crippen molar-refractivity contribution in [1.29, 1.82) is 0 Å². The van der Waals surface area contributed by atoms with Gasteiger partial charge in [-0.15, -0.1) is 10.2 Å². The number of hydrogen-bond donors (Lipinski definition) is 0. The molecular weight excluding hydrogens is 300 g/mol. The molecule has 2 aliphatic rings. The van der Waals surface area contributed by atoms with Crippen LogP contribution in [0.2, 0.25) is 0 Å². The third-order valence-corrected chi connectivity index (χ3v) is 5.42. The van der Waals surface area contributed by atoms with Gasteiger partial charge in [0.1, 0.15) is 11.6 Å². The SMILES string of the molecule is Cc1cc(C)n(C2CCCN(Cc3nnc4n3CCCCC4)C2)n1. The highest BCUT2D eigenvalue weighted by molar-refractivity contribution is 5.08. The zero-order chi connectivity index (χ0) is 16.5. The fourth-order valence-electron chi connectivity index (χ4n) is 4.25. The van der Waals surface area contributed by atoms with Gasteiger partial charge in [0.25, 0.3) is 0 Å². The zero-order valence-electron chi connectivity index (χ0n) is 14.9. The van der Waals surface area contributed by atoms with Gasteiger partial charge in [0.2, 0.25) is 0 Å². The molecule has 6 nitrogen and oxygen atoms in total. The van der Waals surface area contributed by atoms with E-state index in [1.54, 1.807) is 0 Å². The predicted molar refractivity (Wildman–Crippen MR) is 92.8 cm³/mol. The standard InChI is InChI=1S/C18H28N6/c1-14-11-15(2)24(21-14)16-7-6-9-22(12-16)13-18-20-19-17-8-4-3-5-10-23(17)18/h11,16H,3-10,12-13H2,1-2H3. The molecule has 4 rings (SSSR count). The molecule has 24 heavy (non-hydrogen) atoms. The molecule has 0 bridgehead atoms. The number of nitrogens with zero attached hydrogens (tertiary/aromatic N) is 6. The van der Waals surface area contributed by atoms with E-state index in [-0.39, 0.29) is 0 Å². The first kappa shape index (κ1) is 15.8. The van der Waals surface area contributed by atoms with Crippen LogP contribution in [0.4, 0.5) is 0 Å². The molecule has 0 radical (unpaired) electrons. The number of likely N-dealkylation sites (tertiary alicyclic amines) is 1. The van der Waals surface area contributed by atoms with E-state index < -0.39 is 0 Å². The lowest BCUT2D eigenvalue weighted by Crippen LogP contribution is -2.37. The lowest BCUT2D eigenvalue weighted by atomic mass is 10.1. The van der Waals surface area contributed by atoms with Crippen LogP contribution in [0.15, 0.2) is 6.07 Å². The van der Waals surface area contributed by atoms with Crippen LogP contribution in [-0.2, 0) is 19.5 Å². The number of rotatable bonds is 3. The van der Waals surface area contributed by atoms with E-state index in [1.807, 2.05) is 0 Å². The minimum atomic E-state index is 0.485. The van der Waals surface area contributed by atoms with Crippen LogP contribution < -0.4 is 0 Å². The summed E-state index contributed by atoms with van der Waals surface area (Å²) in [5.41, 5.74) is 2.39. The number of fused-ring (bicyclic) bond motifs is 1. The number of aryl methyl sites for hydroxylation is 3. The van der Waals surface area contributed by atoms with Crippen LogP contribution in [0, 0.1) is 13.8 Å². The minimum absolute atomic E-state index is 0.485. The number of aromatic nitrogens is 5. The average Bonchev–Trinajstić information content (AvgIpc) is 3.01. The Labute approximate surface area is 143 Å². The number of hydrogen-bond acceptors (Lipinski definition) is 4. The Balaban J connectivity index is 1.47. The molecule has 0 N–H and O–H groups in total. The van der Waals surface area contributed by atoms with Gasteiger partial charge >= 0.3 is 0 Å². The van der Waals surface area contributed by atoms with Crippen molar-refractivity contribution >= 4 is 0 Å². The van der Waals surface area contributed by atoms with Gasteiger partial charge in [-0.1, -0.05) is 6.42 Å². The highest BCUT2D eigenvalue weighted by atomic mass is 15.3. The predicted octanol–water partition coefficient (Wildman–Crippen LogP) is 2.65. The van der Waals surface area contributed by atoms with Crippen molar-refractivity contribution in [3.05, 3.63) is 29.1 Å². The summed E-state index contributed by atoms with van der Waals surface area (Å²) in [6, 6.07) is 2.66. The first-order valence-electron chi connectivity index (χ1n) is 9.37. The Morgan fingerprint density at radius 3 is 2.83 bits per heavy atom. The van der Waals surface area contributed by atoms with Crippen LogP contribution in [-0.4, -0.2) is 42.5 Å². The second-order valence-corrected chi connectivity index (χ2v) is 7.40. The molecule has 0 aliphatic carbocycles. The van der Waals surface area contributed by atoms with E-state index in [0.29, 0.717) is 6.04 Å². The van der Waals surface area contributed by atoms with Gasteiger partial charge in [-0.25, -0.2) is 0 Å². The third-order valence-electron chi connectivity index (χ3n) is 5.42. The monoisotopic (exact) mass is 328 g/mol. The Bertz CT molecular complexity index is 700. The lowest BCUT2D eigenvalue weighted by molar-refractivity contribution is 0.156. The topological polar surface area (TPSA) is 51.8 Å². The molecule has 130 valence electrons. The smallest absolute Gasteiger partial charge is 0.147 e. The van der Waals surface area contributed by atoms with Gasteiger partial charge in [0, 0.05) is 25.2 Å². The average molecular weight is 328 g/mol. The molecule has 0 amide bonds. The quantitative estimate of drug-likeness (QED) is 0.869. The zero-order valence-corrected chi connectivity index (χ0v) is 14.9. The summed E-state index contributed by atoms with van der Waals surface area (Å²) < 4.78 is 4.60. The van der Waals surface area contributed by atoms with Gasteiger partial charge < -0.3 is 4.57 Å². The summed E-state index contributed by atoms with van der Waals surface area (Å²) in [5.74, 6) is 2.34. The van der Waals surface area contributed by atoms with Gasteiger partial charge in [0.05, 0.1) is 18.3 Å². The Morgan fingerprint density at radius 2 is 2.00 bits per heavy atom. The molecule has 2 aromatic rings. The summed E-state index contributed by atoms with van der Waals surface area (Å²) >= 11 is 0. The number of piperidine rings is 1. The largest absolute Gasteiger partial charge is 0.314 e. The van der Waals surface area contributed by atoms with Crippen molar-refractivity contribution in [2.24, 2.45) is 0 Å². The molecule has 1 unspecified atom stereocenters. The Morgan fingerprint density at radius 1 is 1.08 bits per heavy atom. The molecule has 1 fully saturated rings. The molecule has 0 aromatic carbocycles. The summed E-state index contributed by atoms with van der Waals surface area (Å²) in [7, 11) is 0. The van der Waals surface area contributed by atoms with Crippen LogP contribution >= 0.6 is 0 Å². The van der Waals surface area contributed by atoms with E-state index in [1.165, 1.54) is 43.6 Å². The van der Waals surface area contributed by atoms with Gasteiger partial charge in [-0.2, -0.15) is 5.10 Å². The maximum Gasteiger partial charge on any atom is 0.147 e. The minimum Gasteiger partial charge on any atom is -0.314 e. The second kappa shape index (κ2) is 6.67. The third kappa shape index (κ3) is 3.11. The first-order chi connectivity index (χ1) is 11.7. The van der Waals surface area contributed by atoms with Crippen LogP contribution in [0.25, 0.3) is 0 Å². The van der Waals surface area contributed by atoms with E-state index >= 15 is 0 Å². The van der Waals surface area contributed by atoms with Crippen molar-refractivity contribution in [3.8, 4) is 0 Å². The van der Waals surface area contributed by atoms with Crippen LogP contribution in [0.3, 0.4) is 0 Å². The lowest BCUT2D eigenvalue weighted by Gasteiger charge is -2.33. The molecule has 0 saturated carbocycles. The highest BCUT2D eigenvalue weighted by Gasteiger charge is 2.25. The van der Waals surface area contributed by atoms with Gasteiger partial charge in [-0.05, 0) is 52.1 Å². The first-order valence-corrected chi connectivity index (χ1v) is 9.37. The summed E-state index contributed by atoms with van der Waals surface area (Å²) in [6.45, 7) is 8.46. The molecular formula is C18H28N6. The fourth-order valence-corrected chi connectivity index (χ4v) is 4.25. The highest BCUT2D eigenvalue weighted by Crippen LogP contribution is 2.24. The van der Waals surface area contributed by atoms with Gasteiger partial charge in [0.15, 0.2) is 0 Å². The molecule has 0 spiro atoms. The van der Waals surface area contributed by atoms with E-state index in [0.717, 1.165) is 44.1 Å². The van der Waals surface area contributed by atoms with Crippen LogP contribution in [0.1, 0.15) is 61.2 Å². The molecule has 2 aromatic heterocycles. The maximum atomic E-state index is 4.70. The van der Waals surface area contributed by atoms with Crippen molar-refractivity contribution in [3.63, 3.8) is 0 Å². The normalized spacial score (nSPS) is 22.3. The summed E-state index contributed by atoms with van der Waals surface area (Å²) in [6.07, 6.45) is 7.35. The van der Waals surface area contributed by atoms with Crippen LogP contribution in [0.5, 0.6) is 0 Å². The molecule has 1 saturated heterocycles. The van der Waals surface area contributed by atoms with E-state index in [4.69, 9.17) is 5.10 Å². The molecule has 6 heteroatoms. The van der Waals surface area contributed by atoms with Gasteiger partial charge in [-0.3, -0.25) is 9.58 Å². The molecule has 4 heterocycles. The van der Waals surface area contributed by atoms with E-state index in [9.17, 15) is 0 Å². The van der Waals surface area contributed by atoms with Crippen molar-refractivity contribution < 1.29 is 0 Å². The fraction of sp³-hybridized carbons (Fsp3) is 0.722. The second-order valence-electron chi connectivity index (χ2n) is 7.40. The van der Waals surface area contributed by atoms with Crippen molar-refractivity contribution in [2.45, 2.75) is 71.5 Å². The molecule has 1 atom stereocenters. The van der Waals surface area contributed by atoms with E-state index in [2.05, 4.69) is 44.3 Å². The maximum absolute atomic E-state index is 4.70. The Kier molecular flexibility index (Phi) is 4.39. The summed E-state index contributed by atoms with van der Waals surface area (Å²) in [4.78, 5) is 2.53. The molecule has 2 aliphatic heterocycles. The summed E-state index contributed by atoms with van der Waals surface area (Å²) in [5, 5.41) is 13.7.